The molecular weight excluding hydrogens is 519 g/mol. The number of nitrogens with zero attached hydrogens (tertiary/aromatic N) is 2. The van der Waals surface area contributed by atoms with Crippen molar-refractivity contribution in [1.29, 1.82) is 0 Å². The fourth-order valence-electron chi connectivity index (χ4n) is 3.04. The molecule has 0 aliphatic carbocycles. The molecule has 0 saturated carbocycles. The second-order valence-electron chi connectivity index (χ2n) is 6.98. The first kappa shape index (κ1) is 25.3. The van der Waals surface area contributed by atoms with Gasteiger partial charge in [0.2, 0.25) is 0 Å². The zero-order chi connectivity index (χ0) is 21.0. The summed E-state index contributed by atoms with van der Waals surface area (Å²) in [4.78, 5) is 9.28. The van der Waals surface area contributed by atoms with Crippen molar-refractivity contribution < 1.29 is 4.74 Å². The maximum absolute atomic E-state index is 5.93. The van der Waals surface area contributed by atoms with Crippen LogP contribution >= 0.6 is 35.3 Å². The first-order chi connectivity index (χ1) is 14.7. The smallest absolute Gasteiger partial charge is 0.191 e. The monoisotopic (exact) mass is 550 g/mol. The maximum Gasteiger partial charge on any atom is 0.191 e. The van der Waals surface area contributed by atoms with Crippen molar-refractivity contribution in [3.8, 4) is 0 Å². The van der Waals surface area contributed by atoms with Crippen molar-refractivity contribution in [2.24, 2.45) is 4.99 Å². The molecule has 0 radical (unpaired) electrons. The van der Waals surface area contributed by atoms with E-state index in [9.17, 15) is 0 Å². The highest BCUT2D eigenvalue weighted by Gasteiger charge is 2.04. The van der Waals surface area contributed by atoms with Crippen molar-refractivity contribution in [3.05, 3.63) is 87.4 Å². The fraction of sp³-hybridized carbons (Fsp3) is 0.333. The predicted molar refractivity (Wildman–Crippen MR) is 140 cm³/mol. The Hall–Kier alpha value is -1.97. The van der Waals surface area contributed by atoms with E-state index in [0.29, 0.717) is 19.8 Å². The maximum atomic E-state index is 5.93. The Bertz CT molecular complexity index is 930. The number of benzene rings is 2. The second kappa shape index (κ2) is 14.2. The molecule has 0 amide bonds. The first-order valence-electron chi connectivity index (χ1n) is 10.4. The Labute approximate surface area is 206 Å². The standard InChI is InChI=1S/C24H30N4OS.HI/c1-3-25-24(26-14-13-23-18-30-19(2)28-23)27-15-21-11-7-8-12-22(21)17-29-16-20-9-5-4-6-10-20;/h4-12,18H,3,13-17H2,1-2H3,(H2,25,26,27);1H. The van der Waals surface area contributed by atoms with Crippen LogP contribution in [-0.2, 0) is 30.9 Å². The lowest BCUT2D eigenvalue weighted by Crippen LogP contribution is -2.38. The van der Waals surface area contributed by atoms with E-state index in [1.807, 2.05) is 31.2 Å². The summed E-state index contributed by atoms with van der Waals surface area (Å²) in [6, 6.07) is 18.6. The van der Waals surface area contributed by atoms with Crippen LogP contribution in [0.3, 0.4) is 0 Å². The van der Waals surface area contributed by atoms with Crippen molar-refractivity contribution >= 4 is 41.3 Å². The highest BCUT2D eigenvalue weighted by Crippen LogP contribution is 2.13. The normalized spacial score (nSPS) is 11.1. The summed E-state index contributed by atoms with van der Waals surface area (Å²) in [7, 11) is 0. The lowest BCUT2D eigenvalue weighted by atomic mass is 10.1. The average Bonchev–Trinajstić information content (AvgIpc) is 3.18. The fourth-order valence-corrected chi connectivity index (χ4v) is 3.69. The summed E-state index contributed by atoms with van der Waals surface area (Å²) in [5.41, 5.74) is 4.66. The van der Waals surface area contributed by atoms with Crippen LogP contribution in [0.15, 0.2) is 65.0 Å². The van der Waals surface area contributed by atoms with Gasteiger partial charge in [0.15, 0.2) is 5.96 Å². The summed E-state index contributed by atoms with van der Waals surface area (Å²) in [6.45, 7) is 7.53. The van der Waals surface area contributed by atoms with E-state index in [2.05, 4.69) is 58.3 Å². The molecule has 0 aliphatic rings. The Morgan fingerprint density at radius 1 is 1.00 bits per heavy atom. The number of nitrogens with one attached hydrogen (secondary N) is 2. The molecule has 5 nitrogen and oxygen atoms in total. The van der Waals surface area contributed by atoms with Crippen molar-refractivity contribution in [2.45, 2.75) is 40.0 Å². The van der Waals surface area contributed by atoms with E-state index >= 15 is 0 Å². The number of aromatic nitrogens is 1. The molecule has 3 rings (SSSR count). The molecule has 0 saturated heterocycles. The minimum atomic E-state index is 0. The van der Waals surface area contributed by atoms with Crippen LogP contribution in [0.4, 0.5) is 0 Å². The number of aryl methyl sites for hydroxylation is 1. The number of rotatable bonds is 10. The number of guanidine groups is 1. The van der Waals surface area contributed by atoms with Crippen LogP contribution in [0.1, 0.15) is 34.3 Å². The minimum absolute atomic E-state index is 0. The largest absolute Gasteiger partial charge is 0.372 e. The van der Waals surface area contributed by atoms with E-state index in [1.165, 1.54) is 16.7 Å². The zero-order valence-electron chi connectivity index (χ0n) is 18.1. The van der Waals surface area contributed by atoms with Gasteiger partial charge in [0, 0.05) is 24.9 Å². The van der Waals surface area contributed by atoms with Crippen molar-refractivity contribution in [1.82, 2.24) is 15.6 Å². The van der Waals surface area contributed by atoms with Gasteiger partial charge >= 0.3 is 0 Å². The number of hydrogen-bond donors (Lipinski definition) is 2. The van der Waals surface area contributed by atoms with E-state index in [1.54, 1.807) is 11.3 Å². The number of hydrogen-bond acceptors (Lipinski definition) is 4. The minimum Gasteiger partial charge on any atom is -0.372 e. The van der Waals surface area contributed by atoms with Gasteiger partial charge in [0.05, 0.1) is 30.5 Å². The molecule has 0 spiro atoms. The average molecular weight is 551 g/mol. The van der Waals surface area contributed by atoms with Gasteiger partial charge in [0.1, 0.15) is 0 Å². The summed E-state index contributed by atoms with van der Waals surface area (Å²) in [5, 5.41) is 9.95. The van der Waals surface area contributed by atoms with Gasteiger partial charge in [-0.1, -0.05) is 54.6 Å². The van der Waals surface area contributed by atoms with Gasteiger partial charge in [-0.25, -0.2) is 9.98 Å². The number of ether oxygens (including phenoxy) is 1. The van der Waals surface area contributed by atoms with Gasteiger partial charge in [0.25, 0.3) is 0 Å². The summed E-state index contributed by atoms with van der Waals surface area (Å²) in [6.07, 6.45) is 0.888. The van der Waals surface area contributed by atoms with Gasteiger partial charge < -0.3 is 15.4 Å². The van der Waals surface area contributed by atoms with Crippen molar-refractivity contribution in [2.75, 3.05) is 13.1 Å². The summed E-state index contributed by atoms with van der Waals surface area (Å²) < 4.78 is 5.93. The third-order valence-corrected chi connectivity index (χ3v) is 5.40. The number of aliphatic imine (C=N–C) groups is 1. The van der Waals surface area contributed by atoms with Crippen LogP contribution < -0.4 is 10.6 Å². The number of halogens is 1. The van der Waals surface area contributed by atoms with Gasteiger partial charge in [-0.05, 0) is 30.5 Å². The lowest BCUT2D eigenvalue weighted by molar-refractivity contribution is 0.106. The van der Waals surface area contributed by atoms with Gasteiger partial charge in [-0.3, -0.25) is 0 Å². The molecule has 7 heteroatoms. The quantitative estimate of drug-likeness (QED) is 0.210. The molecule has 1 aromatic heterocycles. The molecule has 0 aliphatic heterocycles. The van der Waals surface area contributed by atoms with E-state index in [0.717, 1.165) is 36.2 Å². The van der Waals surface area contributed by atoms with Crippen LogP contribution in [0.25, 0.3) is 0 Å². The molecule has 0 bridgehead atoms. The van der Waals surface area contributed by atoms with Crippen LogP contribution in [-0.4, -0.2) is 24.0 Å². The molecular formula is C24H31IN4OS. The Morgan fingerprint density at radius 3 is 2.45 bits per heavy atom. The molecule has 1 heterocycles. The Morgan fingerprint density at radius 2 is 1.74 bits per heavy atom. The van der Waals surface area contributed by atoms with Crippen LogP contribution in [0.5, 0.6) is 0 Å². The predicted octanol–water partition coefficient (Wildman–Crippen LogP) is 5.08. The molecule has 0 atom stereocenters. The third kappa shape index (κ3) is 8.96. The van der Waals surface area contributed by atoms with E-state index in [4.69, 9.17) is 9.73 Å². The molecule has 31 heavy (non-hydrogen) atoms. The number of thiazole rings is 1. The van der Waals surface area contributed by atoms with Gasteiger partial charge in [-0.2, -0.15) is 0 Å². The first-order valence-corrected chi connectivity index (χ1v) is 11.2. The third-order valence-electron chi connectivity index (χ3n) is 4.58. The summed E-state index contributed by atoms with van der Waals surface area (Å²) in [5.74, 6) is 0.824. The molecule has 0 fully saturated rings. The zero-order valence-corrected chi connectivity index (χ0v) is 21.3. The van der Waals surface area contributed by atoms with Crippen molar-refractivity contribution in [3.63, 3.8) is 0 Å². The molecule has 3 aromatic rings. The highest BCUT2D eigenvalue weighted by atomic mass is 127. The Kier molecular flexibility index (Phi) is 11.6. The molecule has 166 valence electrons. The molecule has 2 aromatic carbocycles. The molecule has 0 unspecified atom stereocenters. The SMILES string of the molecule is CCNC(=NCc1ccccc1COCc1ccccc1)NCCc1csc(C)n1.I. The van der Waals surface area contributed by atoms with E-state index in [-0.39, 0.29) is 24.0 Å². The van der Waals surface area contributed by atoms with Crippen LogP contribution in [0.2, 0.25) is 0 Å². The summed E-state index contributed by atoms with van der Waals surface area (Å²) >= 11 is 1.69. The van der Waals surface area contributed by atoms with E-state index < -0.39 is 0 Å². The Balaban J connectivity index is 0.00000341. The highest BCUT2D eigenvalue weighted by molar-refractivity contribution is 14.0. The molecule has 2 N–H and O–H groups in total. The second-order valence-corrected chi connectivity index (χ2v) is 8.04. The topological polar surface area (TPSA) is 58.5 Å². The van der Waals surface area contributed by atoms with Gasteiger partial charge in [-0.15, -0.1) is 35.3 Å². The van der Waals surface area contributed by atoms with Crippen LogP contribution in [0, 0.1) is 6.92 Å². The lowest BCUT2D eigenvalue weighted by Gasteiger charge is -2.12.